The first-order valence-corrected chi connectivity index (χ1v) is 16.8. The minimum absolute atomic E-state index is 0.768. The molecule has 0 fully saturated rings. The number of aldehydes is 1. The van der Waals surface area contributed by atoms with E-state index in [9.17, 15) is 4.79 Å². The van der Waals surface area contributed by atoms with Gasteiger partial charge in [0, 0.05) is 6.42 Å². The lowest BCUT2D eigenvalue weighted by Crippen LogP contribution is -2.01. The van der Waals surface area contributed by atoms with Gasteiger partial charge in [0.15, 0.2) is 0 Å². The summed E-state index contributed by atoms with van der Waals surface area (Å²) in [6, 6.07) is 0. The molecule has 0 rings (SSSR count). The van der Waals surface area contributed by atoms with Crippen molar-refractivity contribution in [3.8, 4) is 0 Å². The Bertz CT molecular complexity index is 349. The van der Waals surface area contributed by atoms with E-state index in [4.69, 9.17) is 0 Å². The molecule has 0 spiro atoms. The average Bonchev–Trinajstić information content (AvgIpc) is 2.87. The molecular weight excluding hydrogens is 424 g/mol. The van der Waals surface area contributed by atoms with Gasteiger partial charge >= 0.3 is 0 Å². The standard InChI is InChI=1S/C34H68O/c1-3-5-7-9-11-13-15-17-19-21-23-26-30-34(32-28-25-29-33-35)31-27-24-22-20-18-16-14-12-10-8-6-4-2/h33-34H,3-32H2,1-2H3. The van der Waals surface area contributed by atoms with Crippen molar-refractivity contribution < 1.29 is 4.79 Å². The molecule has 0 saturated carbocycles. The van der Waals surface area contributed by atoms with Crippen molar-refractivity contribution in [2.75, 3.05) is 0 Å². The van der Waals surface area contributed by atoms with E-state index < -0.39 is 0 Å². The predicted molar refractivity (Wildman–Crippen MR) is 159 cm³/mol. The lowest BCUT2D eigenvalue weighted by atomic mass is 9.89. The van der Waals surface area contributed by atoms with Gasteiger partial charge in [-0.05, 0) is 12.3 Å². The summed E-state index contributed by atoms with van der Waals surface area (Å²) in [6.45, 7) is 4.60. The number of carbonyl (C=O) groups excluding carboxylic acids is 1. The fraction of sp³-hybridized carbons (Fsp3) is 0.971. The molecule has 0 amide bonds. The first-order valence-electron chi connectivity index (χ1n) is 16.8. The zero-order chi connectivity index (χ0) is 25.5. The highest BCUT2D eigenvalue weighted by Crippen LogP contribution is 2.24. The van der Waals surface area contributed by atoms with E-state index in [2.05, 4.69) is 13.8 Å². The minimum Gasteiger partial charge on any atom is -0.303 e. The molecule has 0 heterocycles. The number of hydrogen-bond donors (Lipinski definition) is 0. The van der Waals surface area contributed by atoms with Gasteiger partial charge < -0.3 is 4.79 Å². The summed E-state index contributed by atoms with van der Waals surface area (Å²) in [5.74, 6) is 0.924. The van der Waals surface area contributed by atoms with E-state index in [1.54, 1.807) is 0 Å². The highest BCUT2D eigenvalue weighted by molar-refractivity contribution is 5.48. The molecule has 0 aliphatic rings. The Balaban J connectivity index is 3.66. The molecule has 0 unspecified atom stereocenters. The first kappa shape index (κ1) is 34.7. The first-order chi connectivity index (χ1) is 17.3. The topological polar surface area (TPSA) is 17.1 Å². The molecule has 0 radical (unpaired) electrons. The fourth-order valence-corrected chi connectivity index (χ4v) is 5.64. The van der Waals surface area contributed by atoms with Gasteiger partial charge in [0.2, 0.25) is 0 Å². The van der Waals surface area contributed by atoms with Crippen LogP contribution in [-0.2, 0) is 4.79 Å². The molecule has 0 aliphatic heterocycles. The van der Waals surface area contributed by atoms with E-state index in [1.165, 1.54) is 180 Å². The second kappa shape index (κ2) is 31.7. The molecule has 0 aromatic heterocycles. The zero-order valence-corrected chi connectivity index (χ0v) is 24.8. The summed E-state index contributed by atoms with van der Waals surface area (Å²) >= 11 is 0. The average molecular weight is 493 g/mol. The molecule has 0 bridgehead atoms. The van der Waals surface area contributed by atoms with Gasteiger partial charge in [-0.1, -0.05) is 194 Å². The van der Waals surface area contributed by atoms with Crippen LogP contribution in [0, 0.1) is 5.92 Å². The molecule has 0 aromatic rings. The molecule has 1 heteroatoms. The summed E-state index contributed by atoms with van der Waals surface area (Å²) < 4.78 is 0. The normalized spacial score (nSPS) is 11.5. The van der Waals surface area contributed by atoms with Crippen LogP contribution >= 0.6 is 0 Å². The van der Waals surface area contributed by atoms with E-state index in [0.29, 0.717) is 0 Å². The maximum absolute atomic E-state index is 10.6. The van der Waals surface area contributed by atoms with Crippen LogP contribution in [0.4, 0.5) is 0 Å². The minimum atomic E-state index is 0.768. The SMILES string of the molecule is CCCCCCCCCCCCCCC(CCCCC=O)CCCCCCCCCCCCCC. The van der Waals surface area contributed by atoms with Crippen LogP contribution < -0.4 is 0 Å². The molecule has 35 heavy (non-hydrogen) atoms. The van der Waals surface area contributed by atoms with Crippen molar-refractivity contribution in [2.45, 2.75) is 206 Å². The van der Waals surface area contributed by atoms with Crippen LogP contribution in [0.5, 0.6) is 0 Å². The lowest BCUT2D eigenvalue weighted by Gasteiger charge is -2.17. The maximum Gasteiger partial charge on any atom is 0.119 e. The Morgan fingerprint density at radius 2 is 0.629 bits per heavy atom. The maximum atomic E-state index is 10.6. The van der Waals surface area contributed by atoms with Crippen molar-refractivity contribution >= 4 is 6.29 Å². The third kappa shape index (κ3) is 29.8. The van der Waals surface area contributed by atoms with E-state index >= 15 is 0 Å². The Kier molecular flexibility index (Phi) is 31.4. The third-order valence-electron chi connectivity index (χ3n) is 8.12. The highest BCUT2D eigenvalue weighted by atomic mass is 16.1. The van der Waals surface area contributed by atoms with E-state index in [-0.39, 0.29) is 0 Å². The molecule has 0 N–H and O–H groups in total. The van der Waals surface area contributed by atoms with Gasteiger partial charge in [-0.15, -0.1) is 0 Å². The van der Waals surface area contributed by atoms with Gasteiger partial charge in [-0.3, -0.25) is 0 Å². The third-order valence-corrected chi connectivity index (χ3v) is 8.12. The summed E-state index contributed by atoms with van der Waals surface area (Å²) in [7, 11) is 0. The van der Waals surface area contributed by atoms with Crippen LogP contribution in [0.1, 0.15) is 206 Å². The number of hydrogen-bond acceptors (Lipinski definition) is 1. The van der Waals surface area contributed by atoms with Crippen molar-refractivity contribution in [1.82, 2.24) is 0 Å². The van der Waals surface area contributed by atoms with Gasteiger partial charge in [0.05, 0.1) is 0 Å². The Hall–Kier alpha value is -0.330. The largest absolute Gasteiger partial charge is 0.303 e. The van der Waals surface area contributed by atoms with Crippen molar-refractivity contribution in [1.29, 1.82) is 0 Å². The second-order valence-electron chi connectivity index (χ2n) is 11.7. The van der Waals surface area contributed by atoms with Gasteiger partial charge in [-0.25, -0.2) is 0 Å². The molecule has 0 aliphatic carbocycles. The predicted octanol–water partition coefficient (Wildman–Crippen LogP) is 12.5. The second-order valence-corrected chi connectivity index (χ2v) is 11.7. The zero-order valence-electron chi connectivity index (χ0n) is 24.8. The molecular formula is C34H68O. The van der Waals surface area contributed by atoms with Gasteiger partial charge in [0.1, 0.15) is 6.29 Å². The Labute approximate surface area is 223 Å². The van der Waals surface area contributed by atoms with Crippen LogP contribution in [0.2, 0.25) is 0 Å². The number of carbonyl (C=O) groups is 1. The lowest BCUT2D eigenvalue weighted by molar-refractivity contribution is -0.107. The van der Waals surface area contributed by atoms with Gasteiger partial charge in [0.25, 0.3) is 0 Å². The summed E-state index contributed by atoms with van der Waals surface area (Å²) in [4.78, 5) is 10.6. The summed E-state index contributed by atoms with van der Waals surface area (Å²) in [5.41, 5.74) is 0. The summed E-state index contributed by atoms with van der Waals surface area (Å²) in [5, 5.41) is 0. The number of rotatable bonds is 31. The molecule has 1 nitrogen and oxygen atoms in total. The van der Waals surface area contributed by atoms with E-state index in [0.717, 1.165) is 25.0 Å². The van der Waals surface area contributed by atoms with Crippen LogP contribution in [0.25, 0.3) is 0 Å². The van der Waals surface area contributed by atoms with Crippen LogP contribution in [0.15, 0.2) is 0 Å². The van der Waals surface area contributed by atoms with Crippen LogP contribution in [0.3, 0.4) is 0 Å². The highest BCUT2D eigenvalue weighted by Gasteiger charge is 2.08. The quantitative estimate of drug-likeness (QED) is 0.0694. The number of unbranched alkanes of at least 4 members (excludes halogenated alkanes) is 24. The fourth-order valence-electron chi connectivity index (χ4n) is 5.64. The molecule has 0 saturated heterocycles. The monoisotopic (exact) mass is 493 g/mol. The van der Waals surface area contributed by atoms with Crippen molar-refractivity contribution in [3.05, 3.63) is 0 Å². The van der Waals surface area contributed by atoms with Crippen molar-refractivity contribution in [3.63, 3.8) is 0 Å². The Morgan fingerprint density at radius 1 is 0.371 bits per heavy atom. The van der Waals surface area contributed by atoms with Crippen molar-refractivity contribution in [2.24, 2.45) is 5.92 Å². The van der Waals surface area contributed by atoms with Gasteiger partial charge in [-0.2, -0.15) is 0 Å². The smallest absolute Gasteiger partial charge is 0.119 e. The molecule has 0 atom stereocenters. The summed E-state index contributed by atoms with van der Waals surface area (Å²) in [6.07, 6.45) is 43.2. The Morgan fingerprint density at radius 3 is 0.914 bits per heavy atom. The molecule has 210 valence electrons. The van der Waals surface area contributed by atoms with Crippen LogP contribution in [-0.4, -0.2) is 6.29 Å². The molecule has 0 aromatic carbocycles. The van der Waals surface area contributed by atoms with E-state index in [1.807, 2.05) is 0 Å².